The number of amides is 1. The lowest BCUT2D eigenvalue weighted by atomic mass is 9.86. The average molecular weight is 677 g/mol. The molecular weight excluding hydrogens is 649 g/mol. The van der Waals surface area contributed by atoms with Gasteiger partial charge in [0.25, 0.3) is 5.91 Å². The van der Waals surface area contributed by atoms with Gasteiger partial charge in [0.1, 0.15) is 11.9 Å². The molecule has 0 saturated heterocycles. The summed E-state index contributed by atoms with van der Waals surface area (Å²) in [7, 11) is 0. The number of rotatable bonds is 6. The molecule has 1 amide bonds. The molecule has 2 aromatic heterocycles. The van der Waals surface area contributed by atoms with Gasteiger partial charge in [-0.2, -0.15) is 31.3 Å². The number of carbonyl (C=O) groups excluding carboxylic acids is 1. The number of carboxylic acid groups (broad SMARTS) is 2. The van der Waals surface area contributed by atoms with E-state index < -0.39 is 53.0 Å². The second-order valence-corrected chi connectivity index (χ2v) is 11.4. The van der Waals surface area contributed by atoms with Crippen LogP contribution in [-0.4, -0.2) is 50.2 Å². The van der Waals surface area contributed by atoms with Crippen LogP contribution < -0.4 is 10.6 Å². The normalized spacial score (nSPS) is 12.3. The number of fused-ring (bicyclic) bond motifs is 1. The van der Waals surface area contributed by atoms with Crippen molar-refractivity contribution in [1.29, 1.82) is 0 Å². The smallest absolute Gasteiger partial charge is 0.480 e. The van der Waals surface area contributed by atoms with Gasteiger partial charge >= 0.3 is 24.3 Å². The Morgan fingerprint density at radius 1 is 0.891 bits per heavy atom. The van der Waals surface area contributed by atoms with Crippen molar-refractivity contribution in [2.24, 2.45) is 5.41 Å². The van der Waals surface area contributed by atoms with E-state index in [1.165, 1.54) is 24.3 Å². The molecule has 0 saturated carbocycles. The first-order valence-electron chi connectivity index (χ1n) is 12.5. The third-order valence-corrected chi connectivity index (χ3v) is 6.80. The molecule has 9 nitrogen and oxygen atoms in total. The molecule has 0 radical (unpaired) electrons. The summed E-state index contributed by atoms with van der Waals surface area (Å²) in [4.78, 5) is 40.8. The van der Waals surface area contributed by atoms with Gasteiger partial charge in [-0.15, -0.1) is 0 Å². The standard InChI is InChI=1S/C26H22F4N4O3S.C2HF3O2.CH4/c1-25(2,3)20(23(36)37)33-22(35)14-6-4-13(5-7-14)15-8-9-18(17(27)10-15)32-24-34-21-19(38-24)11-16(12-31-21)26(28,29)30;3-2(4,5)1(6)7;/h4-12,20H,1-3H3,(H,33,35)(H,36,37)(H,31,32,34);(H,6,7);1H4/t20-;;/m1../s1. The van der Waals surface area contributed by atoms with Crippen LogP contribution in [0.4, 0.5) is 41.6 Å². The number of benzene rings is 2. The molecule has 0 fully saturated rings. The number of aromatic nitrogens is 2. The first kappa shape index (κ1) is 37.4. The fourth-order valence-electron chi connectivity index (χ4n) is 3.62. The van der Waals surface area contributed by atoms with Crippen LogP contribution in [0, 0.1) is 11.2 Å². The number of halogens is 7. The highest BCUT2D eigenvalue weighted by molar-refractivity contribution is 7.22. The van der Waals surface area contributed by atoms with Crippen LogP contribution in [0.2, 0.25) is 0 Å². The van der Waals surface area contributed by atoms with Crippen molar-refractivity contribution in [2.45, 2.75) is 46.6 Å². The fourth-order valence-corrected chi connectivity index (χ4v) is 4.49. The summed E-state index contributed by atoms with van der Waals surface area (Å²) in [6, 6.07) is 10.5. The van der Waals surface area contributed by atoms with E-state index in [4.69, 9.17) is 9.90 Å². The van der Waals surface area contributed by atoms with E-state index >= 15 is 0 Å². The predicted molar refractivity (Wildman–Crippen MR) is 156 cm³/mol. The number of alkyl halides is 6. The van der Waals surface area contributed by atoms with Gasteiger partial charge in [0, 0.05) is 11.8 Å². The minimum atomic E-state index is -5.08. The summed E-state index contributed by atoms with van der Waals surface area (Å²) in [5.74, 6) is -5.06. The van der Waals surface area contributed by atoms with Gasteiger partial charge < -0.3 is 20.8 Å². The molecule has 0 aliphatic rings. The van der Waals surface area contributed by atoms with Crippen molar-refractivity contribution < 1.29 is 55.3 Å². The van der Waals surface area contributed by atoms with Gasteiger partial charge in [-0.3, -0.25) is 4.79 Å². The van der Waals surface area contributed by atoms with E-state index in [1.807, 2.05) is 0 Å². The Morgan fingerprint density at radius 2 is 1.46 bits per heavy atom. The van der Waals surface area contributed by atoms with Gasteiger partial charge in [0.2, 0.25) is 0 Å². The fraction of sp³-hybridized carbons (Fsp3) is 0.276. The summed E-state index contributed by atoms with van der Waals surface area (Å²) >= 11 is 0.917. The maximum absolute atomic E-state index is 14.9. The molecule has 1 atom stereocenters. The predicted octanol–water partition coefficient (Wildman–Crippen LogP) is 7.76. The Kier molecular flexibility index (Phi) is 11.5. The molecule has 0 bridgehead atoms. The molecule has 17 heteroatoms. The lowest BCUT2D eigenvalue weighted by Crippen LogP contribution is -2.49. The number of nitrogens with zero attached hydrogens (tertiary/aromatic N) is 2. The van der Waals surface area contributed by atoms with Crippen molar-refractivity contribution in [3.05, 3.63) is 71.7 Å². The zero-order valence-corrected chi connectivity index (χ0v) is 24.2. The number of carboxylic acids is 2. The van der Waals surface area contributed by atoms with Crippen LogP contribution in [0.25, 0.3) is 21.5 Å². The lowest BCUT2D eigenvalue weighted by Gasteiger charge is -2.27. The molecule has 0 spiro atoms. The zero-order valence-electron chi connectivity index (χ0n) is 23.3. The van der Waals surface area contributed by atoms with Crippen molar-refractivity contribution >= 4 is 50.3 Å². The van der Waals surface area contributed by atoms with Gasteiger partial charge in [0.15, 0.2) is 10.8 Å². The van der Waals surface area contributed by atoms with E-state index in [2.05, 4.69) is 20.6 Å². The molecule has 4 aromatic rings. The van der Waals surface area contributed by atoms with Crippen LogP contribution in [0.1, 0.15) is 44.1 Å². The SMILES string of the molecule is C.CC(C)(C)[C@H](NC(=O)c1ccc(-c2ccc(Nc3nc4ncc(C(F)(F)F)cc4s3)c(F)c2)cc1)C(=O)O.O=C(O)C(F)(F)F. The highest BCUT2D eigenvalue weighted by Gasteiger charge is 2.38. The first-order valence-corrected chi connectivity index (χ1v) is 13.3. The molecule has 2 heterocycles. The van der Waals surface area contributed by atoms with Crippen molar-refractivity contribution in [3.8, 4) is 11.1 Å². The van der Waals surface area contributed by atoms with Crippen LogP contribution in [0.3, 0.4) is 0 Å². The number of pyridine rings is 1. The van der Waals surface area contributed by atoms with Gasteiger partial charge in [-0.25, -0.2) is 19.0 Å². The molecule has 2 aromatic carbocycles. The molecule has 0 unspecified atom stereocenters. The number of carbonyl (C=O) groups is 3. The minimum Gasteiger partial charge on any atom is -0.480 e. The largest absolute Gasteiger partial charge is 0.490 e. The molecule has 0 aliphatic carbocycles. The molecule has 46 heavy (non-hydrogen) atoms. The van der Waals surface area contributed by atoms with E-state index in [1.54, 1.807) is 39.0 Å². The maximum Gasteiger partial charge on any atom is 0.490 e. The summed E-state index contributed by atoms with van der Waals surface area (Å²) in [5, 5.41) is 22.0. The Bertz CT molecular complexity index is 1720. The number of anilines is 2. The van der Waals surface area contributed by atoms with Gasteiger partial charge in [-0.05, 0) is 46.9 Å². The zero-order chi connectivity index (χ0) is 33.9. The molecule has 0 aliphatic heterocycles. The monoisotopic (exact) mass is 676 g/mol. The third kappa shape index (κ3) is 9.60. The van der Waals surface area contributed by atoms with Crippen LogP contribution >= 0.6 is 11.3 Å². The van der Waals surface area contributed by atoms with Gasteiger partial charge in [0.05, 0.1) is 16.0 Å². The maximum atomic E-state index is 14.9. The van der Waals surface area contributed by atoms with E-state index in [-0.39, 0.29) is 34.2 Å². The quantitative estimate of drug-likeness (QED) is 0.152. The number of hydrogen-bond acceptors (Lipinski definition) is 7. The average Bonchev–Trinajstić information content (AvgIpc) is 3.33. The Morgan fingerprint density at radius 3 is 1.93 bits per heavy atom. The van der Waals surface area contributed by atoms with Crippen LogP contribution in [-0.2, 0) is 15.8 Å². The minimum absolute atomic E-state index is 0. The van der Waals surface area contributed by atoms with Crippen LogP contribution in [0.15, 0.2) is 54.7 Å². The number of nitrogens with one attached hydrogen (secondary N) is 2. The summed E-state index contributed by atoms with van der Waals surface area (Å²) < 4.78 is 85.6. The molecule has 4 N–H and O–H groups in total. The van der Waals surface area contributed by atoms with Gasteiger partial charge in [-0.1, -0.05) is 57.7 Å². The van der Waals surface area contributed by atoms with Crippen LogP contribution in [0.5, 0.6) is 0 Å². The summed E-state index contributed by atoms with van der Waals surface area (Å²) in [6.07, 6.45) is -8.92. The highest BCUT2D eigenvalue weighted by Crippen LogP contribution is 2.35. The highest BCUT2D eigenvalue weighted by atomic mass is 32.1. The van der Waals surface area contributed by atoms with Crippen molar-refractivity contribution in [2.75, 3.05) is 5.32 Å². The number of aliphatic carboxylic acids is 2. The summed E-state index contributed by atoms with van der Waals surface area (Å²) in [6.45, 7) is 5.12. The lowest BCUT2D eigenvalue weighted by molar-refractivity contribution is -0.192. The number of hydrogen-bond donors (Lipinski definition) is 4. The van der Waals surface area contributed by atoms with E-state index in [9.17, 15) is 45.4 Å². The summed E-state index contributed by atoms with van der Waals surface area (Å²) in [5.41, 5.74) is -0.0231. The Hall–Kier alpha value is -4.80. The second kappa shape index (κ2) is 14.1. The number of thiazole rings is 1. The van der Waals surface area contributed by atoms with E-state index in [0.29, 0.717) is 17.3 Å². The topological polar surface area (TPSA) is 142 Å². The first-order chi connectivity index (χ1) is 20.7. The molecule has 248 valence electrons. The molecule has 4 rings (SSSR count). The van der Waals surface area contributed by atoms with Crippen molar-refractivity contribution in [3.63, 3.8) is 0 Å². The molecular formula is C29H27F7N4O5S. The Balaban J connectivity index is 0.000000827. The third-order valence-electron chi connectivity index (χ3n) is 5.90. The van der Waals surface area contributed by atoms with E-state index in [0.717, 1.165) is 17.4 Å². The second-order valence-electron chi connectivity index (χ2n) is 10.4. The van der Waals surface area contributed by atoms with Crippen molar-refractivity contribution in [1.82, 2.24) is 15.3 Å². The Labute approximate surface area is 261 Å².